The van der Waals surface area contributed by atoms with Crippen LogP contribution in [0.3, 0.4) is 0 Å². The summed E-state index contributed by atoms with van der Waals surface area (Å²) in [5.74, 6) is 0.820. The molecule has 1 aromatic rings. The maximum atomic E-state index is 5.62. The van der Waals surface area contributed by atoms with E-state index in [0.29, 0.717) is 26.4 Å². The highest BCUT2D eigenvalue weighted by Gasteiger charge is 2.02. The van der Waals surface area contributed by atoms with E-state index in [-0.39, 0.29) is 0 Å². The predicted molar refractivity (Wildman–Crippen MR) is 71.7 cm³/mol. The van der Waals surface area contributed by atoms with Crippen LogP contribution in [0.4, 0.5) is 0 Å². The molecule has 0 spiro atoms. The van der Waals surface area contributed by atoms with Crippen molar-refractivity contribution in [3.63, 3.8) is 0 Å². The van der Waals surface area contributed by atoms with E-state index >= 15 is 0 Å². The molecule has 0 aliphatic carbocycles. The standard InChI is InChI=1S/C14H23NO3/c1-3-6-17-7-8-18-11-12-4-5-13(10-15)14(9-12)16-2/h4-5,9H,3,6-8,10-11,15H2,1-2H3. The van der Waals surface area contributed by atoms with Gasteiger partial charge in [0, 0.05) is 18.7 Å². The van der Waals surface area contributed by atoms with E-state index in [2.05, 4.69) is 6.92 Å². The first-order valence-corrected chi connectivity index (χ1v) is 6.33. The molecule has 0 saturated carbocycles. The van der Waals surface area contributed by atoms with Crippen LogP contribution >= 0.6 is 0 Å². The third kappa shape index (κ3) is 5.04. The third-order valence-electron chi connectivity index (χ3n) is 2.56. The van der Waals surface area contributed by atoms with Crippen LogP contribution in [0, 0.1) is 0 Å². The first-order valence-electron chi connectivity index (χ1n) is 6.33. The zero-order valence-electron chi connectivity index (χ0n) is 11.3. The van der Waals surface area contributed by atoms with Gasteiger partial charge < -0.3 is 19.9 Å². The number of nitrogens with two attached hydrogens (primary N) is 1. The average Bonchev–Trinajstić information content (AvgIpc) is 2.42. The summed E-state index contributed by atoms with van der Waals surface area (Å²) in [5.41, 5.74) is 7.71. The van der Waals surface area contributed by atoms with Gasteiger partial charge in [-0.1, -0.05) is 19.1 Å². The van der Waals surface area contributed by atoms with Crippen LogP contribution in [0.25, 0.3) is 0 Å². The Labute approximate surface area is 109 Å². The van der Waals surface area contributed by atoms with E-state index in [0.717, 1.165) is 29.9 Å². The van der Waals surface area contributed by atoms with Crippen LogP contribution < -0.4 is 10.5 Å². The van der Waals surface area contributed by atoms with Crippen molar-refractivity contribution in [2.45, 2.75) is 26.5 Å². The second-order valence-corrected chi connectivity index (χ2v) is 4.02. The molecule has 4 heteroatoms. The van der Waals surface area contributed by atoms with Gasteiger partial charge in [-0.25, -0.2) is 0 Å². The summed E-state index contributed by atoms with van der Waals surface area (Å²) >= 11 is 0. The Morgan fingerprint density at radius 1 is 1.11 bits per heavy atom. The summed E-state index contributed by atoms with van der Waals surface area (Å²) in [7, 11) is 1.65. The van der Waals surface area contributed by atoms with Gasteiger partial charge in [0.15, 0.2) is 0 Å². The second kappa shape index (κ2) is 8.91. The minimum absolute atomic E-state index is 0.481. The lowest BCUT2D eigenvalue weighted by molar-refractivity contribution is 0.0408. The number of ether oxygens (including phenoxy) is 3. The quantitative estimate of drug-likeness (QED) is 0.685. The SMILES string of the molecule is CCCOCCOCc1ccc(CN)c(OC)c1. The van der Waals surface area contributed by atoms with Crippen LogP contribution in [0.5, 0.6) is 5.75 Å². The fourth-order valence-corrected chi connectivity index (χ4v) is 1.60. The van der Waals surface area contributed by atoms with Gasteiger partial charge in [-0.05, 0) is 18.1 Å². The monoisotopic (exact) mass is 253 g/mol. The van der Waals surface area contributed by atoms with Gasteiger partial charge >= 0.3 is 0 Å². The third-order valence-corrected chi connectivity index (χ3v) is 2.56. The summed E-state index contributed by atoms with van der Waals surface area (Å²) in [6, 6.07) is 5.96. The summed E-state index contributed by atoms with van der Waals surface area (Å²) in [5, 5.41) is 0. The summed E-state index contributed by atoms with van der Waals surface area (Å²) in [6.07, 6.45) is 1.04. The van der Waals surface area contributed by atoms with E-state index < -0.39 is 0 Å². The zero-order chi connectivity index (χ0) is 13.2. The van der Waals surface area contributed by atoms with Crippen molar-refractivity contribution >= 4 is 0 Å². The van der Waals surface area contributed by atoms with E-state index in [4.69, 9.17) is 19.9 Å². The molecule has 0 bridgehead atoms. The van der Waals surface area contributed by atoms with Crippen LogP contribution in [-0.2, 0) is 22.6 Å². The molecule has 0 fully saturated rings. The Morgan fingerprint density at radius 2 is 1.89 bits per heavy atom. The number of rotatable bonds is 9. The highest BCUT2D eigenvalue weighted by molar-refractivity contribution is 5.37. The van der Waals surface area contributed by atoms with Crippen molar-refractivity contribution in [3.8, 4) is 5.75 Å². The fraction of sp³-hybridized carbons (Fsp3) is 0.571. The lowest BCUT2D eigenvalue weighted by atomic mass is 10.1. The minimum atomic E-state index is 0.481. The Bertz CT molecular complexity index is 342. The van der Waals surface area contributed by atoms with Gasteiger partial charge in [-0.3, -0.25) is 0 Å². The van der Waals surface area contributed by atoms with Crippen LogP contribution in [0.2, 0.25) is 0 Å². The van der Waals surface area contributed by atoms with Gasteiger partial charge in [-0.2, -0.15) is 0 Å². The molecule has 1 aromatic carbocycles. The first kappa shape index (κ1) is 15.0. The Hall–Kier alpha value is -1.10. The summed E-state index contributed by atoms with van der Waals surface area (Å²) < 4.78 is 16.1. The maximum absolute atomic E-state index is 5.62. The van der Waals surface area contributed by atoms with Gasteiger partial charge in [-0.15, -0.1) is 0 Å². The molecule has 0 aliphatic heterocycles. The van der Waals surface area contributed by atoms with Gasteiger partial charge in [0.25, 0.3) is 0 Å². The van der Waals surface area contributed by atoms with Crippen molar-refractivity contribution in [1.82, 2.24) is 0 Å². The molecule has 0 amide bonds. The van der Waals surface area contributed by atoms with Crippen LogP contribution in [0.15, 0.2) is 18.2 Å². The van der Waals surface area contributed by atoms with Crippen LogP contribution in [0.1, 0.15) is 24.5 Å². The number of benzene rings is 1. The molecule has 0 saturated heterocycles. The lowest BCUT2D eigenvalue weighted by Gasteiger charge is -2.10. The molecule has 0 atom stereocenters. The summed E-state index contributed by atoms with van der Waals surface area (Å²) in [4.78, 5) is 0. The largest absolute Gasteiger partial charge is 0.496 e. The molecule has 0 aliphatic rings. The predicted octanol–water partition coefficient (Wildman–Crippen LogP) is 2.10. The highest BCUT2D eigenvalue weighted by atomic mass is 16.5. The van der Waals surface area contributed by atoms with Gasteiger partial charge in [0.1, 0.15) is 5.75 Å². The fourth-order valence-electron chi connectivity index (χ4n) is 1.60. The molecule has 102 valence electrons. The maximum Gasteiger partial charge on any atom is 0.123 e. The smallest absolute Gasteiger partial charge is 0.123 e. The molecule has 1 rings (SSSR count). The Kier molecular flexibility index (Phi) is 7.41. The van der Waals surface area contributed by atoms with Crippen molar-refractivity contribution in [1.29, 1.82) is 0 Å². The molecule has 18 heavy (non-hydrogen) atoms. The highest BCUT2D eigenvalue weighted by Crippen LogP contribution is 2.20. The average molecular weight is 253 g/mol. The molecule has 2 N–H and O–H groups in total. The second-order valence-electron chi connectivity index (χ2n) is 4.02. The molecule has 0 aromatic heterocycles. The topological polar surface area (TPSA) is 53.7 Å². The molecular formula is C14H23NO3. The normalized spacial score (nSPS) is 10.6. The van der Waals surface area contributed by atoms with Crippen molar-refractivity contribution < 1.29 is 14.2 Å². The number of hydrogen-bond donors (Lipinski definition) is 1. The Balaban J connectivity index is 2.34. The number of methoxy groups -OCH3 is 1. The lowest BCUT2D eigenvalue weighted by Crippen LogP contribution is -2.05. The molecule has 0 heterocycles. The molecular weight excluding hydrogens is 230 g/mol. The van der Waals surface area contributed by atoms with Gasteiger partial charge in [0.2, 0.25) is 0 Å². The zero-order valence-corrected chi connectivity index (χ0v) is 11.3. The van der Waals surface area contributed by atoms with E-state index in [1.807, 2.05) is 18.2 Å². The van der Waals surface area contributed by atoms with E-state index in [9.17, 15) is 0 Å². The van der Waals surface area contributed by atoms with E-state index in [1.54, 1.807) is 7.11 Å². The van der Waals surface area contributed by atoms with Gasteiger partial charge in [0.05, 0.1) is 26.9 Å². The number of hydrogen-bond acceptors (Lipinski definition) is 4. The Morgan fingerprint density at radius 3 is 2.56 bits per heavy atom. The molecule has 0 unspecified atom stereocenters. The van der Waals surface area contributed by atoms with Crippen molar-refractivity contribution in [2.24, 2.45) is 5.73 Å². The van der Waals surface area contributed by atoms with Crippen LogP contribution in [-0.4, -0.2) is 26.9 Å². The van der Waals surface area contributed by atoms with Crippen molar-refractivity contribution in [3.05, 3.63) is 29.3 Å². The first-order chi connectivity index (χ1) is 8.81. The molecule has 4 nitrogen and oxygen atoms in total. The van der Waals surface area contributed by atoms with Crippen molar-refractivity contribution in [2.75, 3.05) is 26.9 Å². The minimum Gasteiger partial charge on any atom is -0.496 e. The van der Waals surface area contributed by atoms with E-state index in [1.165, 1.54) is 0 Å². The molecule has 0 radical (unpaired) electrons. The summed E-state index contributed by atoms with van der Waals surface area (Å²) in [6.45, 7) is 5.19.